The minimum atomic E-state index is -0.583. The summed E-state index contributed by atoms with van der Waals surface area (Å²) in [5.41, 5.74) is 1.08. The number of hydrogen-bond donors (Lipinski definition) is 1. The summed E-state index contributed by atoms with van der Waals surface area (Å²) in [7, 11) is 1.75. The van der Waals surface area contributed by atoms with Crippen molar-refractivity contribution < 1.29 is 18.4 Å². The van der Waals surface area contributed by atoms with E-state index in [1.165, 1.54) is 18.2 Å². The van der Waals surface area contributed by atoms with Crippen LogP contribution in [0.25, 0.3) is 11.3 Å². The lowest BCUT2D eigenvalue weighted by molar-refractivity contribution is 0.0791. The zero-order valence-corrected chi connectivity index (χ0v) is 16.8. The van der Waals surface area contributed by atoms with E-state index in [9.17, 15) is 9.18 Å². The molecule has 1 aliphatic rings. The minimum absolute atomic E-state index is 0.0289. The van der Waals surface area contributed by atoms with Crippen molar-refractivity contribution >= 4 is 23.3 Å². The molecule has 0 aliphatic carbocycles. The highest BCUT2D eigenvalue weighted by Gasteiger charge is 2.27. The molecule has 3 heterocycles. The molecule has 1 saturated heterocycles. The smallest absolute Gasteiger partial charge is 0.262 e. The fourth-order valence-corrected chi connectivity index (χ4v) is 3.75. The van der Waals surface area contributed by atoms with Gasteiger partial charge in [-0.15, -0.1) is 0 Å². The average molecular weight is 419 g/mol. The van der Waals surface area contributed by atoms with Crippen molar-refractivity contribution in [3.8, 4) is 11.3 Å². The molecule has 1 N–H and O–H groups in total. The maximum absolute atomic E-state index is 14.4. The lowest BCUT2D eigenvalue weighted by Crippen LogP contribution is -2.16. The second kappa shape index (κ2) is 7.96. The van der Waals surface area contributed by atoms with Crippen LogP contribution in [0.2, 0.25) is 5.02 Å². The molecule has 0 radical (unpaired) electrons. The third-order valence-corrected chi connectivity index (χ3v) is 5.32. The van der Waals surface area contributed by atoms with E-state index in [0.29, 0.717) is 12.4 Å². The van der Waals surface area contributed by atoms with E-state index in [-0.39, 0.29) is 33.5 Å². The molecule has 0 bridgehead atoms. The largest absolute Gasteiger partial charge is 0.381 e. The van der Waals surface area contributed by atoms with Crippen LogP contribution in [0.1, 0.15) is 40.6 Å². The molecule has 1 fully saturated rings. The monoisotopic (exact) mass is 418 g/mol. The van der Waals surface area contributed by atoms with Gasteiger partial charge in [0.15, 0.2) is 0 Å². The van der Waals surface area contributed by atoms with Gasteiger partial charge in [0, 0.05) is 25.6 Å². The minimum Gasteiger partial charge on any atom is -0.381 e. The number of hydrogen-bond acceptors (Lipinski definition) is 5. The van der Waals surface area contributed by atoms with Gasteiger partial charge in [0.2, 0.25) is 0 Å². The number of benzene rings is 1. The molecule has 0 saturated carbocycles. The molecule has 1 atom stereocenters. The summed E-state index contributed by atoms with van der Waals surface area (Å²) in [5, 5.41) is 11.3. The van der Waals surface area contributed by atoms with E-state index in [1.807, 2.05) is 6.07 Å². The Bertz CT molecular complexity index is 1040. The topological polar surface area (TPSA) is 82.2 Å². The third-order valence-electron chi connectivity index (χ3n) is 5.01. The fraction of sp³-hybridized carbons (Fsp3) is 0.350. The molecule has 29 heavy (non-hydrogen) atoms. The number of nitrogens with one attached hydrogen (secondary N) is 1. The first-order valence-electron chi connectivity index (χ1n) is 9.29. The van der Waals surface area contributed by atoms with E-state index in [4.69, 9.17) is 20.9 Å². The van der Waals surface area contributed by atoms with Crippen molar-refractivity contribution in [3.05, 3.63) is 52.1 Å². The van der Waals surface area contributed by atoms with Gasteiger partial charge in [0.25, 0.3) is 5.91 Å². The van der Waals surface area contributed by atoms with Crippen molar-refractivity contribution in [2.24, 2.45) is 7.05 Å². The number of amides is 1. The van der Waals surface area contributed by atoms with Crippen LogP contribution < -0.4 is 5.32 Å². The molecule has 1 aliphatic heterocycles. The van der Waals surface area contributed by atoms with Gasteiger partial charge in [0.05, 0.1) is 22.9 Å². The van der Waals surface area contributed by atoms with Gasteiger partial charge < -0.3 is 14.6 Å². The van der Waals surface area contributed by atoms with Crippen molar-refractivity contribution in [1.82, 2.24) is 14.9 Å². The average Bonchev–Trinajstić information content (AvgIpc) is 3.25. The third kappa shape index (κ3) is 3.77. The van der Waals surface area contributed by atoms with Crippen LogP contribution in [0.5, 0.6) is 0 Å². The SMILES string of the molecule is Cc1onc(-c2c(F)cccc2Cl)c1C(=O)Nc1cc(C2CCCOC2)nn1C. The molecule has 7 nitrogen and oxygen atoms in total. The Kier molecular flexibility index (Phi) is 5.38. The summed E-state index contributed by atoms with van der Waals surface area (Å²) in [6, 6.07) is 6.10. The molecular weight excluding hydrogens is 399 g/mol. The first-order chi connectivity index (χ1) is 14.0. The molecule has 4 rings (SSSR count). The van der Waals surface area contributed by atoms with Crippen molar-refractivity contribution in [2.75, 3.05) is 18.5 Å². The highest BCUT2D eigenvalue weighted by Crippen LogP contribution is 2.34. The van der Waals surface area contributed by atoms with Gasteiger partial charge in [-0.2, -0.15) is 5.10 Å². The zero-order valence-electron chi connectivity index (χ0n) is 16.0. The Labute approximate surface area is 171 Å². The second-order valence-electron chi connectivity index (χ2n) is 7.01. The number of ether oxygens (including phenoxy) is 1. The van der Waals surface area contributed by atoms with Crippen LogP contribution in [0.15, 0.2) is 28.8 Å². The van der Waals surface area contributed by atoms with Crippen molar-refractivity contribution in [1.29, 1.82) is 0 Å². The molecule has 9 heteroatoms. The number of aromatic nitrogens is 3. The fourth-order valence-electron chi connectivity index (χ4n) is 3.49. The second-order valence-corrected chi connectivity index (χ2v) is 7.41. The van der Waals surface area contributed by atoms with E-state index in [1.54, 1.807) is 18.7 Å². The molecule has 1 unspecified atom stereocenters. The van der Waals surface area contributed by atoms with Gasteiger partial charge in [-0.05, 0) is 31.9 Å². The van der Waals surface area contributed by atoms with Crippen molar-refractivity contribution in [2.45, 2.75) is 25.7 Å². The Morgan fingerprint density at radius 2 is 2.24 bits per heavy atom. The first-order valence-corrected chi connectivity index (χ1v) is 9.67. The maximum atomic E-state index is 14.4. The van der Waals surface area contributed by atoms with E-state index < -0.39 is 11.7 Å². The molecule has 152 valence electrons. The summed E-state index contributed by atoms with van der Waals surface area (Å²) in [6.07, 6.45) is 1.97. The predicted octanol–water partition coefficient (Wildman–Crippen LogP) is 4.32. The Hall–Kier alpha value is -2.71. The lowest BCUT2D eigenvalue weighted by Gasteiger charge is -2.19. The summed E-state index contributed by atoms with van der Waals surface area (Å²) >= 11 is 6.15. The molecule has 2 aromatic heterocycles. The highest BCUT2D eigenvalue weighted by atomic mass is 35.5. The standard InChI is InChI=1S/C20H20ClFN4O3/c1-11-17(19(25-29-11)18-13(21)6-3-7-14(18)22)20(27)23-16-9-15(24-26(16)2)12-5-4-8-28-10-12/h3,6-7,9,12H,4-5,8,10H2,1-2H3,(H,23,27). The number of nitrogens with zero attached hydrogens (tertiary/aromatic N) is 3. The van der Waals surface area contributed by atoms with E-state index >= 15 is 0 Å². The van der Waals surface area contributed by atoms with Gasteiger partial charge in [0.1, 0.15) is 28.7 Å². The van der Waals surface area contributed by atoms with Gasteiger partial charge in [-0.1, -0.05) is 22.8 Å². The summed E-state index contributed by atoms with van der Waals surface area (Å²) < 4.78 is 26.7. The predicted molar refractivity (Wildman–Crippen MR) is 106 cm³/mol. The molecule has 1 amide bonds. The molecule has 0 spiro atoms. The molecular formula is C20H20ClFN4O3. The van der Waals surface area contributed by atoms with Gasteiger partial charge >= 0.3 is 0 Å². The normalized spacial score (nSPS) is 16.8. The van der Waals surface area contributed by atoms with Crippen LogP contribution in [0.4, 0.5) is 10.2 Å². The van der Waals surface area contributed by atoms with Gasteiger partial charge in [-0.25, -0.2) is 4.39 Å². The summed E-state index contributed by atoms with van der Waals surface area (Å²) in [5.74, 6) is -0.0835. The number of halogens is 2. The van der Waals surface area contributed by atoms with Crippen molar-refractivity contribution in [3.63, 3.8) is 0 Å². The highest BCUT2D eigenvalue weighted by molar-refractivity contribution is 6.33. The number of carbonyl (C=O) groups is 1. The van der Waals surface area contributed by atoms with Crippen LogP contribution in [0.3, 0.4) is 0 Å². The maximum Gasteiger partial charge on any atom is 0.262 e. The number of anilines is 1. The summed E-state index contributed by atoms with van der Waals surface area (Å²) in [4.78, 5) is 13.0. The Morgan fingerprint density at radius 1 is 1.41 bits per heavy atom. The zero-order chi connectivity index (χ0) is 20.5. The lowest BCUT2D eigenvalue weighted by atomic mass is 9.99. The van der Waals surface area contributed by atoms with E-state index in [2.05, 4.69) is 15.6 Å². The van der Waals surface area contributed by atoms with Crippen LogP contribution in [-0.4, -0.2) is 34.1 Å². The Balaban J connectivity index is 1.63. The number of carbonyl (C=O) groups excluding carboxylic acids is 1. The quantitative estimate of drug-likeness (QED) is 0.682. The summed E-state index contributed by atoms with van der Waals surface area (Å²) in [6.45, 7) is 2.97. The van der Waals surface area contributed by atoms with Crippen LogP contribution in [0, 0.1) is 12.7 Å². The van der Waals surface area contributed by atoms with E-state index in [0.717, 1.165) is 25.1 Å². The first kappa shape index (κ1) is 19.6. The Morgan fingerprint density at radius 3 is 2.97 bits per heavy atom. The number of rotatable bonds is 4. The number of aryl methyl sites for hydroxylation is 2. The molecule has 3 aromatic rings. The molecule has 1 aromatic carbocycles. The van der Waals surface area contributed by atoms with Gasteiger partial charge in [-0.3, -0.25) is 9.48 Å². The van der Waals surface area contributed by atoms with Crippen LogP contribution in [-0.2, 0) is 11.8 Å². The van der Waals surface area contributed by atoms with Crippen LogP contribution >= 0.6 is 11.6 Å².